The summed E-state index contributed by atoms with van der Waals surface area (Å²) in [5, 5.41) is 3.33. The highest BCUT2D eigenvalue weighted by Gasteiger charge is 2.38. The van der Waals surface area contributed by atoms with Gasteiger partial charge >= 0.3 is 12.1 Å². The standard InChI is InChI=1S/C16H18F3N3O2/c1-3-8-15(2,13(20)23)9-10-4-6-11(7-5-10)12-21-14(24-22-12)16(17,18)19/h4-7H,3,8-9H2,1-2H3,(H2,20,23). The molecule has 0 aliphatic carbocycles. The number of nitrogens with two attached hydrogens (primary N) is 1. The summed E-state index contributed by atoms with van der Waals surface area (Å²) in [4.78, 5) is 15.0. The highest BCUT2D eigenvalue weighted by molar-refractivity contribution is 5.80. The molecule has 1 unspecified atom stereocenters. The summed E-state index contributed by atoms with van der Waals surface area (Å²) in [5.74, 6) is -1.90. The van der Waals surface area contributed by atoms with Gasteiger partial charge < -0.3 is 10.3 Å². The van der Waals surface area contributed by atoms with E-state index in [4.69, 9.17) is 5.73 Å². The lowest BCUT2D eigenvalue weighted by Gasteiger charge is -2.25. The fourth-order valence-corrected chi connectivity index (χ4v) is 2.53. The van der Waals surface area contributed by atoms with Gasteiger partial charge in [0, 0.05) is 5.56 Å². The van der Waals surface area contributed by atoms with E-state index in [0.717, 1.165) is 12.0 Å². The van der Waals surface area contributed by atoms with Crippen molar-refractivity contribution in [1.82, 2.24) is 10.1 Å². The molecule has 0 aliphatic heterocycles. The molecule has 1 aromatic carbocycles. The van der Waals surface area contributed by atoms with Crippen molar-refractivity contribution in [2.75, 3.05) is 0 Å². The number of aromatic nitrogens is 2. The van der Waals surface area contributed by atoms with Crippen LogP contribution in [-0.2, 0) is 17.4 Å². The first-order valence-electron chi connectivity index (χ1n) is 7.46. The van der Waals surface area contributed by atoms with Gasteiger partial charge in [-0.05, 0) is 18.4 Å². The Bertz CT molecular complexity index is 710. The Morgan fingerprint density at radius 1 is 1.25 bits per heavy atom. The van der Waals surface area contributed by atoms with E-state index in [-0.39, 0.29) is 11.7 Å². The molecule has 0 aliphatic rings. The number of hydrogen-bond donors (Lipinski definition) is 1. The molecule has 5 nitrogen and oxygen atoms in total. The second-order valence-electron chi connectivity index (χ2n) is 5.97. The maximum absolute atomic E-state index is 12.5. The summed E-state index contributed by atoms with van der Waals surface area (Å²) in [5.41, 5.74) is 6.08. The van der Waals surface area contributed by atoms with E-state index >= 15 is 0 Å². The molecule has 0 spiro atoms. The van der Waals surface area contributed by atoms with Crippen LogP contribution in [0, 0.1) is 5.41 Å². The topological polar surface area (TPSA) is 82.0 Å². The van der Waals surface area contributed by atoms with E-state index in [0.29, 0.717) is 18.4 Å². The van der Waals surface area contributed by atoms with Gasteiger partial charge in [-0.1, -0.05) is 49.7 Å². The summed E-state index contributed by atoms with van der Waals surface area (Å²) in [6.45, 7) is 3.78. The van der Waals surface area contributed by atoms with Crippen LogP contribution < -0.4 is 5.73 Å². The van der Waals surface area contributed by atoms with Crippen molar-refractivity contribution < 1.29 is 22.5 Å². The molecule has 2 aromatic rings. The molecule has 130 valence electrons. The Kier molecular flexibility index (Phi) is 4.96. The predicted octanol–water partition coefficient (Wildman–Crippen LogP) is 3.59. The fourth-order valence-electron chi connectivity index (χ4n) is 2.53. The molecule has 1 aromatic heterocycles. The van der Waals surface area contributed by atoms with Gasteiger partial charge in [-0.2, -0.15) is 18.2 Å². The SMILES string of the molecule is CCCC(C)(Cc1ccc(-c2noc(C(F)(F)F)n2)cc1)C(N)=O. The molecule has 0 bridgehead atoms. The third kappa shape index (κ3) is 3.93. The van der Waals surface area contributed by atoms with Crippen molar-refractivity contribution in [1.29, 1.82) is 0 Å². The molecular weight excluding hydrogens is 323 g/mol. The highest BCUT2D eigenvalue weighted by Crippen LogP contribution is 2.31. The van der Waals surface area contributed by atoms with Gasteiger partial charge in [-0.15, -0.1) is 0 Å². The molecule has 24 heavy (non-hydrogen) atoms. The molecule has 0 saturated carbocycles. The number of nitrogens with zero attached hydrogens (tertiary/aromatic N) is 2. The van der Waals surface area contributed by atoms with Crippen molar-refractivity contribution in [2.24, 2.45) is 11.1 Å². The van der Waals surface area contributed by atoms with Gasteiger partial charge in [0.05, 0.1) is 5.41 Å². The summed E-state index contributed by atoms with van der Waals surface area (Å²) in [6.07, 6.45) is -2.74. The van der Waals surface area contributed by atoms with Crippen LogP contribution in [0.1, 0.15) is 38.1 Å². The van der Waals surface area contributed by atoms with Crippen LogP contribution in [0.3, 0.4) is 0 Å². The molecule has 1 heterocycles. The minimum atomic E-state index is -4.67. The highest BCUT2D eigenvalue weighted by atomic mass is 19.4. The minimum absolute atomic E-state index is 0.139. The first kappa shape index (κ1) is 18.0. The van der Waals surface area contributed by atoms with Crippen molar-refractivity contribution in [3.05, 3.63) is 35.7 Å². The van der Waals surface area contributed by atoms with Gasteiger partial charge in [0.2, 0.25) is 11.7 Å². The van der Waals surface area contributed by atoms with Crippen molar-refractivity contribution in [2.45, 2.75) is 39.3 Å². The first-order chi connectivity index (χ1) is 11.2. The largest absolute Gasteiger partial charge is 0.471 e. The number of carbonyl (C=O) groups is 1. The third-order valence-electron chi connectivity index (χ3n) is 3.87. The molecule has 1 amide bonds. The fraction of sp³-hybridized carbons (Fsp3) is 0.438. The second kappa shape index (κ2) is 6.62. The zero-order valence-corrected chi connectivity index (χ0v) is 13.4. The second-order valence-corrected chi connectivity index (χ2v) is 5.97. The van der Waals surface area contributed by atoms with E-state index in [1.807, 2.05) is 13.8 Å². The molecule has 0 fully saturated rings. The van der Waals surface area contributed by atoms with Crippen LogP contribution in [-0.4, -0.2) is 16.0 Å². The number of hydrogen-bond acceptors (Lipinski definition) is 4. The number of carbonyl (C=O) groups excluding carboxylic acids is 1. The summed E-state index contributed by atoms with van der Waals surface area (Å²) >= 11 is 0. The molecule has 0 radical (unpaired) electrons. The van der Waals surface area contributed by atoms with E-state index in [1.54, 1.807) is 24.3 Å². The zero-order valence-electron chi connectivity index (χ0n) is 13.4. The molecule has 0 saturated heterocycles. The Labute approximate surface area is 137 Å². The molecule has 2 rings (SSSR count). The van der Waals surface area contributed by atoms with Crippen molar-refractivity contribution >= 4 is 5.91 Å². The lowest BCUT2D eigenvalue weighted by Crippen LogP contribution is -2.36. The van der Waals surface area contributed by atoms with Crippen LogP contribution >= 0.6 is 0 Å². The number of rotatable bonds is 6. The minimum Gasteiger partial charge on any atom is -0.369 e. The van der Waals surface area contributed by atoms with Crippen molar-refractivity contribution in [3.8, 4) is 11.4 Å². The van der Waals surface area contributed by atoms with Crippen LogP contribution in [0.4, 0.5) is 13.2 Å². The summed E-state index contributed by atoms with van der Waals surface area (Å²) < 4.78 is 41.6. The zero-order chi connectivity index (χ0) is 18.0. The molecule has 8 heteroatoms. The van der Waals surface area contributed by atoms with Crippen LogP contribution in [0.5, 0.6) is 0 Å². The van der Waals surface area contributed by atoms with E-state index in [9.17, 15) is 18.0 Å². The average molecular weight is 341 g/mol. The average Bonchev–Trinajstić information content (AvgIpc) is 2.98. The smallest absolute Gasteiger partial charge is 0.369 e. The van der Waals surface area contributed by atoms with Gasteiger partial charge in [0.15, 0.2) is 0 Å². The van der Waals surface area contributed by atoms with Gasteiger partial charge in [0.1, 0.15) is 0 Å². The molecule has 2 N–H and O–H groups in total. The number of benzene rings is 1. The van der Waals surface area contributed by atoms with Gasteiger partial charge in [0.25, 0.3) is 0 Å². The van der Waals surface area contributed by atoms with E-state index in [1.165, 1.54) is 0 Å². The summed E-state index contributed by atoms with van der Waals surface area (Å²) in [6, 6.07) is 6.62. The van der Waals surface area contributed by atoms with Crippen LogP contribution in [0.15, 0.2) is 28.8 Å². The quantitative estimate of drug-likeness (QED) is 0.870. The monoisotopic (exact) mass is 341 g/mol. The van der Waals surface area contributed by atoms with E-state index < -0.39 is 17.5 Å². The Morgan fingerprint density at radius 2 is 1.88 bits per heavy atom. The Balaban J connectivity index is 2.19. The first-order valence-corrected chi connectivity index (χ1v) is 7.46. The Morgan fingerprint density at radius 3 is 2.33 bits per heavy atom. The third-order valence-corrected chi connectivity index (χ3v) is 3.87. The maximum Gasteiger partial charge on any atom is 0.471 e. The van der Waals surface area contributed by atoms with Crippen LogP contribution in [0.2, 0.25) is 0 Å². The Hall–Kier alpha value is -2.38. The van der Waals surface area contributed by atoms with E-state index in [2.05, 4.69) is 14.7 Å². The number of primary amides is 1. The molecule has 1 atom stereocenters. The molecular formula is C16H18F3N3O2. The van der Waals surface area contributed by atoms with Gasteiger partial charge in [-0.3, -0.25) is 4.79 Å². The van der Waals surface area contributed by atoms with Crippen LogP contribution in [0.25, 0.3) is 11.4 Å². The van der Waals surface area contributed by atoms with Crippen molar-refractivity contribution in [3.63, 3.8) is 0 Å². The number of halogens is 3. The van der Waals surface area contributed by atoms with Gasteiger partial charge in [-0.25, -0.2) is 0 Å². The lowest BCUT2D eigenvalue weighted by atomic mass is 9.79. The number of alkyl halides is 3. The normalized spacial score (nSPS) is 14.4. The lowest BCUT2D eigenvalue weighted by molar-refractivity contribution is -0.159. The number of amides is 1. The maximum atomic E-state index is 12.5. The predicted molar refractivity (Wildman–Crippen MR) is 80.6 cm³/mol. The summed E-state index contributed by atoms with van der Waals surface area (Å²) in [7, 11) is 0.